The molecule has 0 radical (unpaired) electrons. The lowest BCUT2D eigenvalue weighted by atomic mass is 9.80. The van der Waals surface area contributed by atoms with Gasteiger partial charge in [-0.15, -0.1) is 0 Å². The second-order valence-electron chi connectivity index (χ2n) is 3.87. The van der Waals surface area contributed by atoms with Crippen LogP contribution in [-0.2, 0) is 6.18 Å². The van der Waals surface area contributed by atoms with Gasteiger partial charge in [0, 0.05) is 10.8 Å². The number of aromatic nitrogens is 1. The number of hydrogen-bond donors (Lipinski definition) is 2. The molecule has 2 aromatic rings. The van der Waals surface area contributed by atoms with Crippen molar-refractivity contribution >= 4 is 23.5 Å². The summed E-state index contributed by atoms with van der Waals surface area (Å²) in [4.78, 5) is 3.93. The summed E-state index contributed by atoms with van der Waals surface area (Å²) in [6.07, 6.45) is -4.47. The van der Waals surface area contributed by atoms with E-state index < -0.39 is 18.9 Å². The molecule has 0 aliphatic rings. The van der Waals surface area contributed by atoms with Crippen molar-refractivity contribution in [1.82, 2.24) is 4.98 Å². The van der Waals surface area contributed by atoms with E-state index in [0.717, 1.165) is 12.1 Å². The zero-order chi connectivity index (χ0) is 14.2. The fourth-order valence-corrected chi connectivity index (χ4v) is 1.70. The van der Waals surface area contributed by atoms with Gasteiger partial charge in [-0.3, -0.25) is 0 Å². The van der Waals surface area contributed by atoms with Gasteiger partial charge >= 0.3 is 13.3 Å². The molecule has 0 fully saturated rings. The van der Waals surface area contributed by atoms with Crippen molar-refractivity contribution in [2.75, 3.05) is 7.11 Å². The van der Waals surface area contributed by atoms with Crippen molar-refractivity contribution in [3.63, 3.8) is 0 Å². The number of nitrogens with zero attached hydrogens (tertiary/aromatic N) is 1. The van der Waals surface area contributed by atoms with Crippen LogP contribution in [-0.4, -0.2) is 29.3 Å². The van der Waals surface area contributed by atoms with Gasteiger partial charge in [-0.25, -0.2) is 4.98 Å². The number of rotatable bonds is 2. The predicted molar refractivity (Wildman–Crippen MR) is 63.1 cm³/mol. The topological polar surface area (TPSA) is 62.6 Å². The summed E-state index contributed by atoms with van der Waals surface area (Å²) >= 11 is 0. The molecule has 1 aromatic carbocycles. The van der Waals surface area contributed by atoms with E-state index in [4.69, 9.17) is 14.8 Å². The van der Waals surface area contributed by atoms with Gasteiger partial charge in [0.2, 0.25) is 5.88 Å². The van der Waals surface area contributed by atoms with Gasteiger partial charge in [0.25, 0.3) is 0 Å². The van der Waals surface area contributed by atoms with E-state index >= 15 is 0 Å². The number of halogens is 3. The number of fused-ring (bicyclic) bond motifs is 1. The molecule has 1 aromatic heterocycles. The van der Waals surface area contributed by atoms with Crippen LogP contribution in [0.2, 0.25) is 0 Å². The monoisotopic (exact) mass is 271 g/mol. The van der Waals surface area contributed by atoms with Crippen LogP contribution in [0.5, 0.6) is 5.88 Å². The maximum absolute atomic E-state index is 12.6. The molecule has 8 heteroatoms. The van der Waals surface area contributed by atoms with Crippen LogP contribution >= 0.6 is 0 Å². The first-order valence-corrected chi connectivity index (χ1v) is 5.25. The van der Waals surface area contributed by atoms with Crippen molar-refractivity contribution < 1.29 is 28.0 Å². The summed E-state index contributed by atoms with van der Waals surface area (Å²) in [5, 5.41) is 18.4. The Balaban J connectivity index is 2.66. The quantitative estimate of drug-likeness (QED) is 0.798. The van der Waals surface area contributed by atoms with Crippen molar-refractivity contribution in [3.05, 3.63) is 29.8 Å². The van der Waals surface area contributed by atoms with Crippen LogP contribution in [0.25, 0.3) is 10.9 Å². The first kappa shape index (κ1) is 13.6. The van der Waals surface area contributed by atoms with Crippen LogP contribution in [0.4, 0.5) is 13.2 Å². The number of ether oxygens (including phenoxy) is 1. The van der Waals surface area contributed by atoms with Gasteiger partial charge in [-0.1, -0.05) is 0 Å². The average molecular weight is 271 g/mol. The van der Waals surface area contributed by atoms with Gasteiger partial charge in [0.1, 0.15) is 0 Å². The summed E-state index contributed by atoms with van der Waals surface area (Å²) < 4.78 is 42.6. The molecule has 100 valence electrons. The molecule has 0 atom stereocenters. The summed E-state index contributed by atoms with van der Waals surface area (Å²) in [6, 6.07) is 4.22. The SMILES string of the molecule is COc1nc2ccc(C(F)(F)F)cc2cc1B(O)O. The Labute approximate surface area is 106 Å². The molecule has 0 aliphatic carbocycles. The van der Waals surface area contributed by atoms with Gasteiger partial charge in [-0.05, 0) is 24.3 Å². The molecule has 0 bridgehead atoms. The second kappa shape index (κ2) is 4.71. The highest BCUT2D eigenvalue weighted by molar-refractivity contribution is 6.59. The van der Waals surface area contributed by atoms with E-state index in [9.17, 15) is 13.2 Å². The highest BCUT2D eigenvalue weighted by Crippen LogP contribution is 2.31. The fraction of sp³-hybridized carbons (Fsp3) is 0.182. The van der Waals surface area contributed by atoms with Crippen molar-refractivity contribution in [1.29, 1.82) is 0 Å². The maximum Gasteiger partial charge on any atom is 0.494 e. The molecule has 19 heavy (non-hydrogen) atoms. The Morgan fingerprint density at radius 1 is 1.21 bits per heavy atom. The third-order valence-corrected chi connectivity index (χ3v) is 2.61. The Bertz CT molecular complexity index is 616. The Hall–Kier alpha value is -1.80. The number of methoxy groups -OCH3 is 1. The predicted octanol–water partition coefficient (Wildman–Crippen LogP) is 0.942. The molecule has 0 saturated heterocycles. The molecular weight excluding hydrogens is 262 g/mol. The number of benzene rings is 1. The van der Waals surface area contributed by atoms with E-state index in [0.29, 0.717) is 0 Å². The highest BCUT2D eigenvalue weighted by atomic mass is 19.4. The van der Waals surface area contributed by atoms with Crippen LogP contribution < -0.4 is 10.2 Å². The molecule has 0 saturated carbocycles. The second-order valence-corrected chi connectivity index (χ2v) is 3.87. The van der Waals surface area contributed by atoms with E-state index in [1.54, 1.807) is 0 Å². The standard InChI is InChI=1S/C11H9BF3NO3/c1-19-10-8(12(17)18)5-6-4-7(11(13,14)15)2-3-9(6)16-10/h2-5,17-18H,1H3. The van der Waals surface area contributed by atoms with Crippen LogP contribution in [0.1, 0.15) is 5.56 Å². The van der Waals surface area contributed by atoms with E-state index in [-0.39, 0.29) is 22.2 Å². The molecule has 0 unspecified atom stereocenters. The van der Waals surface area contributed by atoms with Crippen LogP contribution in [0.15, 0.2) is 24.3 Å². The summed E-state index contributed by atoms with van der Waals surface area (Å²) in [5.74, 6) is -0.0396. The van der Waals surface area contributed by atoms with Crippen molar-refractivity contribution in [3.8, 4) is 5.88 Å². The molecule has 0 aliphatic heterocycles. The molecule has 1 heterocycles. The van der Waals surface area contributed by atoms with E-state index in [2.05, 4.69) is 4.98 Å². The normalized spacial score (nSPS) is 11.7. The largest absolute Gasteiger partial charge is 0.494 e. The summed E-state index contributed by atoms with van der Waals surface area (Å²) in [7, 11) is -0.592. The Kier molecular flexibility index (Phi) is 3.38. The zero-order valence-corrected chi connectivity index (χ0v) is 9.77. The minimum absolute atomic E-state index is 0.0396. The number of pyridine rings is 1. The lowest BCUT2D eigenvalue weighted by Crippen LogP contribution is -2.31. The van der Waals surface area contributed by atoms with E-state index in [1.165, 1.54) is 19.2 Å². The molecule has 0 spiro atoms. The Morgan fingerprint density at radius 2 is 1.89 bits per heavy atom. The molecule has 4 nitrogen and oxygen atoms in total. The lowest BCUT2D eigenvalue weighted by Gasteiger charge is -2.11. The van der Waals surface area contributed by atoms with Gasteiger partial charge in [0.15, 0.2) is 0 Å². The molecule has 0 amide bonds. The summed E-state index contributed by atoms with van der Waals surface area (Å²) in [6.45, 7) is 0. The van der Waals surface area contributed by atoms with Crippen LogP contribution in [0.3, 0.4) is 0 Å². The average Bonchev–Trinajstić information content (AvgIpc) is 2.35. The minimum Gasteiger partial charge on any atom is -0.481 e. The van der Waals surface area contributed by atoms with E-state index in [1.807, 2.05) is 0 Å². The van der Waals surface area contributed by atoms with Gasteiger partial charge in [-0.2, -0.15) is 13.2 Å². The zero-order valence-electron chi connectivity index (χ0n) is 9.77. The first-order chi connectivity index (χ1) is 8.82. The molecular formula is C11H9BF3NO3. The molecule has 2 N–H and O–H groups in total. The van der Waals surface area contributed by atoms with Gasteiger partial charge < -0.3 is 14.8 Å². The van der Waals surface area contributed by atoms with Crippen LogP contribution in [0, 0.1) is 0 Å². The highest BCUT2D eigenvalue weighted by Gasteiger charge is 2.30. The number of alkyl halides is 3. The lowest BCUT2D eigenvalue weighted by molar-refractivity contribution is -0.137. The molecule has 2 rings (SSSR count). The van der Waals surface area contributed by atoms with Gasteiger partial charge in [0.05, 0.1) is 18.2 Å². The third kappa shape index (κ3) is 2.64. The smallest absolute Gasteiger partial charge is 0.481 e. The van der Waals surface area contributed by atoms with Crippen molar-refractivity contribution in [2.45, 2.75) is 6.18 Å². The number of hydrogen-bond acceptors (Lipinski definition) is 4. The third-order valence-electron chi connectivity index (χ3n) is 2.61. The minimum atomic E-state index is -4.47. The Morgan fingerprint density at radius 3 is 2.42 bits per heavy atom. The summed E-state index contributed by atoms with van der Waals surface area (Å²) in [5.41, 5.74) is -0.645. The fourth-order valence-electron chi connectivity index (χ4n) is 1.70. The van der Waals surface area contributed by atoms with Crippen molar-refractivity contribution in [2.24, 2.45) is 0 Å². The maximum atomic E-state index is 12.6. The first-order valence-electron chi connectivity index (χ1n) is 5.25.